The summed E-state index contributed by atoms with van der Waals surface area (Å²) in [4.78, 5) is 0. The molecule has 0 radical (unpaired) electrons. The third kappa shape index (κ3) is 10.1. The summed E-state index contributed by atoms with van der Waals surface area (Å²) >= 11 is 0. The van der Waals surface area contributed by atoms with Crippen molar-refractivity contribution in [3.05, 3.63) is 83.2 Å². The van der Waals surface area contributed by atoms with E-state index in [1.54, 1.807) is 24.3 Å². The molecule has 2 aromatic carbocycles. The molecule has 1 heterocycles. The van der Waals surface area contributed by atoms with Crippen molar-refractivity contribution in [2.75, 3.05) is 0 Å². The molecule has 1 aromatic heterocycles. The van der Waals surface area contributed by atoms with Crippen LogP contribution in [-0.2, 0) is 7.05 Å². The standard InChI is InChI=1S/C10H12F2O.C10H14.C7H12N2/c1-7(2)8-3-5-9(6-4-8)13-10(11)12;1-8(2)10-6-4-9(3)5-7-10;1-6(2)7-4-5-8-9(7)3/h3-7,10H,1-2H3;4-8H,1-3H3;4-6H,1-3H3. The topological polar surface area (TPSA) is 27.1 Å². The number of halogens is 2. The summed E-state index contributed by atoms with van der Waals surface area (Å²) < 4.78 is 29.6. The first kappa shape index (κ1) is 27.3. The minimum atomic E-state index is -2.75. The molecule has 0 aliphatic rings. The fraction of sp³-hybridized carbons (Fsp3) is 0.444. The van der Waals surface area contributed by atoms with Crippen molar-refractivity contribution < 1.29 is 13.5 Å². The number of hydrogen-bond acceptors (Lipinski definition) is 2. The molecule has 0 bridgehead atoms. The van der Waals surface area contributed by atoms with Gasteiger partial charge in [-0.1, -0.05) is 83.5 Å². The number of aromatic nitrogens is 2. The highest BCUT2D eigenvalue weighted by atomic mass is 19.3. The average molecular weight is 445 g/mol. The van der Waals surface area contributed by atoms with Crippen LogP contribution in [0.1, 0.15) is 81.7 Å². The normalized spacial score (nSPS) is 10.7. The predicted octanol–water partition coefficient (Wildman–Crippen LogP) is 8.07. The molecular weight excluding hydrogens is 406 g/mol. The van der Waals surface area contributed by atoms with Gasteiger partial charge in [0.2, 0.25) is 0 Å². The van der Waals surface area contributed by atoms with E-state index >= 15 is 0 Å². The molecule has 0 aliphatic heterocycles. The molecule has 3 nitrogen and oxygen atoms in total. The first-order valence-corrected chi connectivity index (χ1v) is 11.1. The Morgan fingerprint density at radius 1 is 0.719 bits per heavy atom. The van der Waals surface area contributed by atoms with Gasteiger partial charge >= 0.3 is 6.61 Å². The van der Waals surface area contributed by atoms with Crippen molar-refractivity contribution in [3.8, 4) is 5.75 Å². The molecule has 5 heteroatoms. The van der Waals surface area contributed by atoms with E-state index in [0.717, 1.165) is 5.56 Å². The Hall–Kier alpha value is -2.69. The summed E-state index contributed by atoms with van der Waals surface area (Å²) in [6, 6.07) is 17.5. The second kappa shape index (κ2) is 13.7. The Labute approximate surface area is 192 Å². The van der Waals surface area contributed by atoms with Gasteiger partial charge in [-0.25, -0.2) is 0 Å². The van der Waals surface area contributed by atoms with E-state index in [9.17, 15) is 8.78 Å². The van der Waals surface area contributed by atoms with E-state index in [1.165, 1.54) is 16.8 Å². The lowest BCUT2D eigenvalue weighted by Crippen LogP contribution is -2.01. The van der Waals surface area contributed by atoms with Gasteiger partial charge in [-0.15, -0.1) is 0 Å². The summed E-state index contributed by atoms with van der Waals surface area (Å²) in [6.07, 6.45) is 1.83. The largest absolute Gasteiger partial charge is 0.435 e. The van der Waals surface area contributed by atoms with Crippen LogP contribution in [0.3, 0.4) is 0 Å². The fourth-order valence-electron chi connectivity index (χ4n) is 2.94. The molecule has 0 saturated heterocycles. The van der Waals surface area contributed by atoms with E-state index in [4.69, 9.17) is 0 Å². The van der Waals surface area contributed by atoms with Gasteiger partial charge in [0.05, 0.1) is 0 Å². The second-order valence-electron chi connectivity index (χ2n) is 8.70. The van der Waals surface area contributed by atoms with Crippen LogP contribution in [0.25, 0.3) is 0 Å². The molecule has 0 spiro atoms. The average Bonchev–Trinajstić information content (AvgIpc) is 3.15. The Kier molecular flexibility index (Phi) is 11.7. The van der Waals surface area contributed by atoms with Crippen molar-refractivity contribution >= 4 is 0 Å². The van der Waals surface area contributed by atoms with Crippen LogP contribution >= 0.6 is 0 Å². The molecule has 0 aliphatic carbocycles. The molecule has 3 aromatic rings. The second-order valence-corrected chi connectivity index (χ2v) is 8.70. The molecule has 0 fully saturated rings. The van der Waals surface area contributed by atoms with Gasteiger partial charge in [0.25, 0.3) is 0 Å². The van der Waals surface area contributed by atoms with Gasteiger partial charge < -0.3 is 4.74 Å². The monoisotopic (exact) mass is 444 g/mol. The minimum absolute atomic E-state index is 0.208. The Morgan fingerprint density at radius 3 is 1.50 bits per heavy atom. The number of aryl methyl sites for hydroxylation is 2. The zero-order valence-electron chi connectivity index (χ0n) is 20.6. The number of nitrogens with zero attached hydrogens (tertiary/aromatic N) is 2. The van der Waals surface area contributed by atoms with Gasteiger partial charge in [0, 0.05) is 18.9 Å². The maximum absolute atomic E-state index is 11.8. The predicted molar refractivity (Wildman–Crippen MR) is 130 cm³/mol. The van der Waals surface area contributed by atoms with E-state index in [1.807, 2.05) is 37.8 Å². The van der Waals surface area contributed by atoms with Gasteiger partial charge in [0.1, 0.15) is 5.75 Å². The molecule has 0 saturated carbocycles. The van der Waals surface area contributed by atoms with Crippen LogP contribution in [0, 0.1) is 6.92 Å². The molecule has 0 unspecified atom stereocenters. The molecule has 176 valence electrons. The van der Waals surface area contributed by atoms with Crippen molar-refractivity contribution in [1.29, 1.82) is 0 Å². The zero-order chi connectivity index (χ0) is 24.3. The van der Waals surface area contributed by atoms with Gasteiger partial charge in [-0.3, -0.25) is 4.68 Å². The quantitative estimate of drug-likeness (QED) is 0.398. The number of rotatable bonds is 5. The smallest absolute Gasteiger partial charge is 0.387 e. The van der Waals surface area contributed by atoms with E-state index < -0.39 is 6.61 Å². The molecule has 0 N–H and O–H groups in total. The summed E-state index contributed by atoms with van der Waals surface area (Å²) in [5.41, 5.74) is 5.16. The molecule has 0 atom stereocenters. The first-order valence-electron chi connectivity index (χ1n) is 11.1. The highest BCUT2D eigenvalue weighted by Crippen LogP contribution is 2.19. The maximum Gasteiger partial charge on any atom is 0.387 e. The van der Waals surface area contributed by atoms with E-state index in [2.05, 4.69) is 68.7 Å². The highest BCUT2D eigenvalue weighted by Gasteiger charge is 2.04. The summed E-state index contributed by atoms with van der Waals surface area (Å²) in [6.45, 7) is 12.2. The highest BCUT2D eigenvalue weighted by molar-refractivity contribution is 5.28. The molecule has 32 heavy (non-hydrogen) atoms. The van der Waals surface area contributed by atoms with Crippen LogP contribution in [0.5, 0.6) is 5.75 Å². The fourth-order valence-corrected chi connectivity index (χ4v) is 2.94. The lowest BCUT2D eigenvalue weighted by molar-refractivity contribution is -0.0498. The van der Waals surface area contributed by atoms with Crippen LogP contribution in [0.15, 0.2) is 60.8 Å². The van der Waals surface area contributed by atoms with Crippen molar-refractivity contribution in [3.63, 3.8) is 0 Å². The Bertz CT molecular complexity index is 883. The maximum atomic E-state index is 11.8. The summed E-state index contributed by atoms with van der Waals surface area (Å²) in [7, 11) is 1.97. The molecular formula is C27H38F2N2O. The van der Waals surface area contributed by atoms with Gasteiger partial charge in [0.15, 0.2) is 0 Å². The number of ether oxygens (including phenoxy) is 1. The van der Waals surface area contributed by atoms with E-state index in [-0.39, 0.29) is 5.75 Å². The summed E-state index contributed by atoms with van der Waals surface area (Å²) in [5, 5.41) is 4.05. The lowest BCUT2D eigenvalue weighted by Gasteiger charge is -2.07. The minimum Gasteiger partial charge on any atom is -0.435 e. The van der Waals surface area contributed by atoms with Crippen molar-refractivity contribution in [1.82, 2.24) is 9.78 Å². The Morgan fingerprint density at radius 2 is 1.19 bits per heavy atom. The SMILES string of the molecule is CC(C)c1ccc(OC(F)F)cc1.CC(C)c1ccnn1C.Cc1ccc(C(C)C)cc1. The number of alkyl halides is 2. The number of benzene rings is 2. The summed E-state index contributed by atoms with van der Waals surface area (Å²) in [5.74, 6) is 1.85. The number of hydrogen-bond donors (Lipinski definition) is 0. The van der Waals surface area contributed by atoms with E-state index in [0.29, 0.717) is 17.8 Å². The zero-order valence-corrected chi connectivity index (χ0v) is 20.6. The molecule has 3 rings (SSSR count). The van der Waals surface area contributed by atoms with Crippen LogP contribution < -0.4 is 4.74 Å². The van der Waals surface area contributed by atoms with Crippen molar-refractivity contribution in [2.45, 2.75) is 72.8 Å². The van der Waals surface area contributed by atoms with Crippen LogP contribution in [0.2, 0.25) is 0 Å². The molecule has 0 amide bonds. The third-order valence-electron chi connectivity index (χ3n) is 4.97. The Balaban J connectivity index is 0.000000245. The van der Waals surface area contributed by atoms with Crippen LogP contribution in [-0.4, -0.2) is 16.4 Å². The van der Waals surface area contributed by atoms with Gasteiger partial charge in [-0.2, -0.15) is 13.9 Å². The lowest BCUT2D eigenvalue weighted by atomic mass is 10.0. The third-order valence-corrected chi connectivity index (χ3v) is 4.97. The first-order chi connectivity index (χ1) is 15.0. The van der Waals surface area contributed by atoms with Crippen LogP contribution in [0.4, 0.5) is 8.78 Å². The van der Waals surface area contributed by atoms with Gasteiger partial charge in [-0.05, 0) is 54.0 Å². The van der Waals surface area contributed by atoms with Crippen molar-refractivity contribution in [2.24, 2.45) is 7.05 Å².